The van der Waals surface area contributed by atoms with Crippen molar-refractivity contribution >= 4 is 11.8 Å². The normalized spacial score (nSPS) is 36.5. The lowest BCUT2D eigenvalue weighted by molar-refractivity contribution is 0.0337. The fourth-order valence-corrected chi connectivity index (χ4v) is 2.24. The van der Waals surface area contributed by atoms with Crippen molar-refractivity contribution in [2.24, 2.45) is 0 Å². The Bertz CT molecular complexity index is 154. The molecule has 1 rings (SSSR count). The zero-order valence-electron chi connectivity index (χ0n) is 8.14. The maximum Gasteiger partial charge on any atom is 0.109 e. The second-order valence-electron chi connectivity index (χ2n) is 3.48. The first-order valence-electron chi connectivity index (χ1n) is 4.74. The van der Waals surface area contributed by atoms with Gasteiger partial charge >= 0.3 is 0 Å². The number of ether oxygens (including phenoxy) is 1. The summed E-state index contributed by atoms with van der Waals surface area (Å²) < 4.78 is 5.25. The molecule has 1 saturated heterocycles. The van der Waals surface area contributed by atoms with E-state index in [0.717, 1.165) is 12.2 Å². The third-order valence-electron chi connectivity index (χ3n) is 2.38. The van der Waals surface area contributed by atoms with E-state index < -0.39 is 12.2 Å². The Balaban J connectivity index is 2.22. The Labute approximate surface area is 83.5 Å². The Morgan fingerprint density at radius 3 is 2.69 bits per heavy atom. The summed E-state index contributed by atoms with van der Waals surface area (Å²) >= 11 is 1.78. The Kier molecular flexibility index (Phi) is 4.52. The molecule has 1 fully saturated rings. The van der Waals surface area contributed by atoms with Crippen LogP contribution in [0.5, 0.6) is 0 Å². The topological polar surface area (TPSA) is 49.7 Å². The van der Waals surface area contributed by atoms with Crippen LogP contribution < -0.4 is 0 Å². The zero-order chi connectivity index (χ0) is 9.84. The minimum atomic E-state index is -0.698. The van der Waals surface area contributed by atoms with Crippen molar-refractivity contribution in [1.29, 1.82) is 0 Å². The van der Waals surface area contributed by atoms with Crippen LogP contribution in [0.1, 0.15) is 20.3 Å². The molecule has 1 heterocycles. The molecule has 1 aliphatic rings. The molecule has 0 bridgehead atoms. The molecular weight excluding hydrogens is 188 g/mol. The molecule has 0 aliphatic carbocycles. The smallest absolute Gasteiger partial charge is 0.109 e. The zero-order valence-corrected chi connectivity index (χ0v) is 8.96. The van der Waals surface area contributed by atoms with Crippen molar-refractivity contribution in [3.63, 3.8) is 0 Å². The monoisotopic (exact) mass is 206 g/mol. The molecule has 0 aromatic carbocycles. The summed E-state index contributed by atoms with van der Waals surface area (Å²) in [7, 11) is 0. The van der Waals surface area contributed by atoms with Crippen LogP contribution in [0.3, 0.4) is 0 Å². The maximum atomic E-state index is 9.45. The molecular formula is C9H18O3S. The van der Waals surface area contributed by atoms with Crippen LogP contribution in [0.15, 0.2) is 0 Å². The van der Waals surface area contributed by atoms with Crippen molar-refractivity contribution < 1.29 is 14.9 Å². The molecule has 4 heteroatoms. The Morgan fingerprint density at radius 2 is 2.23 bits per heavy atom. The average Bonchev–Trinajstić information content (AvgIpc) is 2.44. The molecule has 0 amide bonds. The molecule has 1 aliphatic heterocycles. The number of rotatable bonds is 4. The summed E-state index contributed by atoms with van der Waals surface area (Å²) in [6, 6.07) is 0. The Hall–Kier alpha value is 0.230. The van der Waals surface area contributed by atoms with Crippen LogP contribution in [-0.2, 0) is 4.74 Å². The van der Waals surface area contributed by atoms with E-state index in [1.165, 1.54) is 0 Å². The molecule has 78 valence electrons. The summed E-state index contributed by atoms with van der Waals surface area (Å²) in [6.07, 6.45) is -0.455. The van der Waals surface area contributed by atoms with Crippen LogP contribution in [-0.4, -0.2) is 46.1 Å². The molecule has 0 saturated carbocycles. The number of hydrogen-bond donors (Lipinski definition) is 2. The molecule has 0 radical (unpaired) electrons. The van der Waals surface area contributed by atoms with E-state index in [1.54, 1.807) is 11.8 Å². The number of thioether (sulfide) groups is 1. The van der Waals surface area contributed by atoms with Crippen LogP contribution >= 0.6 is 11.8 Å². The fraction of sp³-hybridized carbons (Fsp3) is 1.00. The van der Waals surface area contributed by atoms with Crippen molar-refractivity contribution in [2.75, 3.05) is 12.4 Å². The van der Waals surface area contributed by atoms with E-state index in [4.69, 9.17) is 4.74 Å². The van der Waals surface area contributed by atoms with Gasteiger partial charge in [0.2, 0.25) is 0 Å². The lowest BCUT2D eigenvalue weighted by atomic mass is 10.2. The fourth-order valence-electron chi connectivity index (χ4n) is 1.19. The summed E-state index contributed by atoms with van der Waals surface area (Å²) in [5, 5.41) is 19.3. The van der Waals surface area contributed by atoms with Crippen LogP contribution in [0, 0.1) is 0 Å². The second-order valence-corrected chi connectivity index (χ2v) is 4.95. The summed E-state index contributed by atoms with van der Waals surface area (Å²) in [6.45, 7) is 4.56. The van der Waals surface area contributed by atoms with Gasteiger partial charge in [-0.3, -0.25) is 0 Å². The summed E-state index contributed by atoms with van der Waals surface area (Å²) in [5.74, 6) is 0.771. The second kappa shape index (κ2) is 5.20. The van der Waals surface area contributed by atoms with Crippen molar-refractivity contribution in [2.45, 2.75) is 43.8 Å². The van der Waals surface area contributed by atoms with Gasteiger partial charge in [0.15, 0.2) is 0 Å². The average molecular weight is 206 g/mol. The highest BCUT2D eigenvalue weighted by Gasteiger charge is 2.34. The van der Waals surface area contributed by atoms with Gasteiger partial charge in [0.25, 0.3) is 0 Å². The van der Waals surface area contributed by atoms with E-state index in [-0.39, 0.29) is 12.7 Å². The largest absolute Gasteiger partial charge is 0.388 e. The van der Waals surface area contributed by atoms with Gasteiger partial charge in [0.1, 0.15) is 12.2 Å². The molecule has 4 atom stereocenters. The molecule has 0 aromatic rings. The van der Waals surface area contributed by atoms with Gasteiger partial charge in [-0.15, -0.1) is 0 Å². The minimum Gasteiger partial charge on any atom is -0.388 e. The first-order valence-corrected chi connectivity index (χ1v) is 5.79. The van der Waals surface area contributed by atoms with E-state index in [9.17, 15) is 10.2 Å². The van der Waals surface area contributed by atoms with Crippen LogP contribution in [0.25, 0.3) is 0 Å². The molecule has 0 aromatic heterocycles. The summed E-state index contributed by atoms with van der Waals surface area (Å²) in [4.78, 5) is 0. The lowest BCUT2D eigenvalue weighted by Crippen LogP contribution is -2.31. The standard InChI is InChI=1S/C9H18O3S/c1-3-6(2)13-5-8-9(11)7(10)4-12-8/h6-11H,3-5H2,1-2H3. The van der Waals surface area contributed by atoms with Gasteiger partial charge in [0.05, 0.1) is 12.7 Å². The predicted octanol–water partition coefficient (Wildman–Crippen LogP) is 0.639. The first kappa shape index (κ1) is 11.3. The van der Waals surface area contributed by atoms with Crippen molar-refractivity contribution in [1.82, 2.24) is 0 Å². The van der Waals surface area contributed by atoms with E-state index in [2.05, 4.69) is 13.8 Å². The molecule has 2 N–H and O–H groups in total. The minimum absolute atomic E-state index is 0.186. The highest BCUT2D eigenvalue weighted by molar-refractivity contribution is 7.99. The number of hydrogen-bond acceptors (Lipinski definition) is 4. The summed E-state index contributed by atoms with van der Waals surface area (Å²) in [5.41, 5.74) is 0. The molecule has 3 nitrogen and oxygen atoms in total. The molecule has 0 spiro atoms. The van der Waals surface area contributed by atoms with E-state index >= 15 is 0 Å². The maximum absolute atomic E-state index is 9.45. The SMILES string of the molecule is CCC(C)SCC1OCC(O)C1O. The number of aliphatic hydroxyl groups is 2. The predicted molar refractivity (Wildman–Crippen MR) is 54.0 cm³/mol. The molecule has 4 unspecified atom stereocenters. The first-order chi connectivity index (χ1) is 6.15. The van der Waals surface area contributed by atoms with Gasteiger partial charge in [-0.25, -0.2) is 0 Å². The third-order valence-corrected chi connectivity index (χ3v) is 3.80. The highest BCUT2D eigenvalue weighted by Crippen LogP contribution is 2.22. The van der Waals surface area contributed by atoms with Crippen LogP contribution in [0.4, 0.5) is 0 Å². The van der Waals surface area contributed by atoms with Gasteiger partial charge in [-0.05, 0) is 6.42 Å². The third kappa shape index (κ3) is 3.13. The van der Waals surface area contributed by atoms with Crippen molar-refractivity contribution in [3.8, 4) is 0 Å². The number of aliphatic hydroxyl groups excluding tert-OH is 2. The van der Waals surface area contributed by atoms with Gasteiger partial charge in [0, 0.05) is 11.0 Å². The van der Waals surface area contributed by atoms with Crippen molar-refractivity contribution in [3.05, 3.63) is 0 Å². The lowest BCUT2D eigenvalue weighted by Gasteiger charge is -2.16. The van der Waals surface area contributed by atoms with E-state index in [0.29, 0.717) is 5.25 Å². The Morgan fingerprint density at radius 1 is 1.54 bits per heavy atom. The van der Waals surface area contributed by atoms with Gasteiger partial charge < -0.3 is 14.9 Å². The van der Waals surface area contributed by atoms with Crippen LogP contribution in [0.2, 0.25) is 0 Å². The highest BCUT2D eigenvalue weighted by atomic mass is 32.2. The van der Waals surface area contributed by atoms with Gasteiger partial charge in [-0.2, -0.15) is 11.8 Å². The van der Waals surface area contributed by atoms with E-state index in [1.807, 2.05) is 0 Å². The molecule has 13 heavy (non-hydrogen) atoms. The van der Waals surface area contributed by atoms with Gasteiger partial charge in [-0.1, -0.05) is 13.8 Å². The quantitative estimate of drug-likeness (QED) is 0.708.